The lowest BCUT2D eigenvalue weighted by Gasteiger charge is -2.44. The molecule has 2 nitrogen and oxygen atoms in total. The van der Waals surface area contributed by atoms with Gasteiger partial charge in [-0.05, 0) is 105 Å². The highest BCUT2D eigenvalue weighted by molar-refractivity contribution is 5.43. The Morgan fingerprint density at radius 1 is 1.17 bits per heavy atom. The Morgan fingerprint density at radius 2 is 1.90 bits per heavy atom. The molecule has 0 bridgehead atoms. The maximum absolute atomic E-state index is 10.3. The van der Waals surface area contributed by atoms with Crippen molar-refractivity contribution >= 4 is 0 Å². The van der Waals surface area contributed by atoms with E-state index in [4.69, 9.17) is 0 Å². The monoisotopic (exact) mass is 412 g/mol. The summed E-state index contributed by atoms with van der Waals surface area (Å²) >= 11 is 0. The van der Waals surface area contributed by atoms with Gasteiger partial charge in [0.2, 0.25) is 0 Å². The lowest BCUT2D eigenvalue weighted by Crippen LogP contribution is -2.36. The molecule has 0 spiro atoms. The van der Waals surface area contributed by atoms with Gasteiger partial charge in [-0.3, -0.25) is 0 Å². The molecule has 3 aliphatic rings. The van der Waals surface area contributed by atoms with Crippen molar-refractivity contribution in [2.45, 2.75) is 104 Å². The highest BCUT2D eigenvalue weighted by Gasteiger charge is 2.50. The molecule has 0 aromatic heterocycles. The van der Waals surface area contributed by atoms with Crippen LogP contribution in [0.1, 0.15) is 91.9 Å². The third-order valence-electron chi connectivity index (χ3n) is 8.52. The third kappa shape index (κ3) is 5.02. The Balaban J connectivity index is 1.70. The topological polar surface area (TPSA) is 40.5 Å². The van der Waals surface area contributed by atoms with Crippen molar-refractivity contribution in [1.29, 1.82) is 0 Å². The van der Waals surface area contributed by atoms with Crippen molar-refractivity contribution in [3.8, 4) is 0 Å². The van der Waals surface area contributed by atoms with E-state index in [9.17, 15) is 10.2 Å². The average Bonchev–Trinajstić information content (AvgIpc) is 3.02. The van der Waals surface area contributed by atoms with Crippen LogP contribution < -0.4 is 0 Å². The number of aliphatic hydroxyl groups is 2. The summed E-state index contributed by atoms with van der Waals surface area (Å²) in [6, 6.07) is 0. The van der Waals surface area contributed by atoms with Gasteiger partial charge in [-0.1, -0.05) is 57.6 Å². The molecule has 0 saturated heterocycles. The molecule has 0 aliphatic heterocycles. The van der Waals surface area contributed by atoms with Crippen LogP contribution >= 0.6 is 0 Å². The zero-order valence-electron chi connectivity index (χ0n) is 19.8. The second-order valence-electron chi connectivity index (χ2n) is 11.3. The van der Waals surface area contributed by atoms with Crippen LogP contribution in [-0.4, -0.2) is 21.9 Å². The minimum atomic E-state index is -0.569. The average molecular weight is 413 g/mol. The summed E-state index contributed by atoms with van der Waals surface area (Å²) < 4.78 is 0. The van der Waals surface area contributed by atoms with E-state index in [2.05, 4.69) is 39.2 Å². The van der Waals surface area contributed by atoms with E-state index >= 15 is 0 Å². The standard InChI is InChI=1S/C28H44O2/c1-19(9-7-17-27(4,5)30)24-15-16-25-23(10-8-18-28(24,25)6)14-13-22-12-11-20(2)26(29)21(22)3/h13-14,19,24-26,29-30H,2-3,7-12,15-18H2,1,4-6H3/t19-,24+,25-,26-,28+/m0/s1. The Bertz CT molecular complexity index is 719. The Kier molecular flexibility index (Phi) is 7.19. The van der Waals surface area contributed by atoms with Crippen molar-refractivity contribution in [2.24, 2.45) is 23.2 Å². The molecular formula is C28H44O2. The Hall–Kier alpha value is -1.12. The number of allylic oxidation sites excluding steroid dienone is 3. The number of aliphatic hydroxyl groups excluding tert-OH is 1. The SMILES string of the molecule is C=C1CCC(=CC=C2CCC[C@]3(C)[C@@H]([C@@H](C)CCCC(C)(C)O)CC[C@@H]23)C(=C)[C@H]1O. The van der Waals surface area contributed by atoms with Gasteiger partial charge in [0.1, 0.15) is 0 Å². The second-order valence-corrected chi connectivity index (χ2v) is 11.3. The van der Waals surface area contributed by atoms with Crippen molar-refractivity contribution in [2.75, 3.05) is 0 Å². The zero-order chi connectivity index (χ0) is 22.1. The highest BCUT2D eigenvalue weighted by Crippen LogP contribution is 2.60. The van der Waals surface area contributed by atoms with Gasteiger partial charge in [0.15, 0.2) is 0 Å². The van der Waals surface area contributed by atoms with E-state index < -0.39 is 11.7 Å². The molecule has 3 saturated carbocycles. The van der Waals surface area contributed by atoms with E-state index in [-0.39, 0.29) is 0 Å². The maximum atomic E-state index is 10.3. The van der Waals surface area contributed by atoms with Crippen LogP contribution in [0.25, 0.3) is 0 Å². The minimum Gasteiger partial charge on any atom is -0.390 e. The fourth-order valence-corrected chi connectivity index (χ4v) is 6.68. The van der Waals surface area contributed by atoms with Crippen LogP contribution in [0.3, 0.4) is 0 Å². The minimum absolute atomic E-state index is 0.411. The van der Waals surface area contributed by atoms with Gasteiger partial charge < -0.3 is 10.2 Å². The summed E-state index contributed by atoms with van der Waals surface area (Å²) in [5, 5.41) is 20.3. The van der Waals surface area contributed by atoms with Crippen LogP contribution in [0.5, 0.6) is 0 Å². The summed E-state index contributed by atoms with van der Waals surface area (Å²) in [5.74, 6) is 2.20. The van der Waals surface area contributed by atoms with Crippen LogP contribution in [-0.2, 0) is 0 Å². The molecule has 0 unspecified atom stereocenters. The van der Waals surface area contributed by atoms with Gasteiger partial charge in [-0.15, -0.1) is 0 Å². The first kappa shape index (κ1) is 23.5. The van der Waals surface area contributed by atoms with Crippen molar-refractivity contribution in [3.05, 3.63) is 47.6 Å². The highest BCUT2D eigenvalue weighted by atomic mass is 16.3. The predicted octanol–water partition coefficient (Wildman–Crippen LogP) is 6.90. The molecule has 0 amide bonds. The molecule has 3 aliphatic carbocycles. The quantitative estimate of drug-likeness (QED) is 0.466. The first-order valence-electron chi connectivity index (χ1n) is 12.2. The van der Waals surface area contributed by atoms with E-state index in [1.807, 2.05) is 13.8 Å². The van der Waals surface area contributed by atoms with Gasteiger partial charge in [0.05, 0.1) is 11.7 Å². The zero-order valence-corrected chi connectivity index (χ0v) is 19.8. The third-order valence-corrected chi connectivity index (χ3v) is 8.52. The van der Waals surface area contributed by atoms with Crippen LogP contribution in [0, 0.1) is 23.2 Å². The van der Waals surface area contributed by atoms with Crippen LogP contribution in [0.15, 0.2) is 47.6 Å². The number of fused-ring (bicyclic) bond motifs is 1. The van der Waals surface area contributed by atoms with Crippen molar-refractivity contribution in [1.82, 2.24) is 0 Å². The van der Waals surface area contributed by atoms with Gasteiger partial charge in [0, 0.05) is 0 Å². The summed E-state index contributed by atoms with van der Waals surface area (Å²) in [6.07, 6.45) is 15.6. The molecule has 30 heavy (non-hydrogen) atoms. The van der Waals surface area contributed by atoms with E-state index in [1.54, 1.807) is 5.57 Å². The second kappa shape index (κ2) is 9.17. The van der Waals surface area contributed by atoms with E-state index in [1.165, 1.54) is 44.1 Å². The molecule has 3 rings (SSSR count). The summed E-state index contributed by atoms with van der Waals surface area (Å²) in [5.41, 5.74) is 4.42. The Morgan fingerprint density at radius 3 is 2.60 bits per heavy atom. The summed E-state index contributed by atoms with van der Waals surface area (Å²) in [4.78, 5) is 0. The number of hydrogen-bond donors (Lipinski definition) is 2. The molecule has 5 atom stereocenters. The largest absolute Gasteiger partial charge is 0.390 e. The molecule has 0 heterocycles. The fourth-order valence-electron chi connectivity index (χ4n) is 6.68. The predicted molar refractivity (Wildman–Crippen MR) is 127 cm³/mol. The normalized spacial score (nSPS) is 36.4. The fraction of sp³-hybridized carbons (Fsp3) is 0.714. The van der Waals surface area contributed by atoms with Gasteiger partial charge >= 0.3 is 0 Å². The van der Waals surface area contributed by atoms with E-state index in [0.717, 1.165) is 48.7 Å². The number of hydrogen-bond acceptors (Lipinski definition) is 2. The lowest BCUT2D eigenvalue weighted by molar-refractivity contribution is 0.0597. The smallest absolute Gasteiger partial charge is 0.0995 e. The number of rotatable bonds is 6. The molecule has 168 valence electrons. The molecule has 0 aromatic carbocycles. The van der Waals surface area contributed by atoms with Crippen molar-refractivity contribution < 1.29 is 10.2 Å². The Labute approximate surface area is 184 Å². The van der Waals surface area contributed by atoms with Crippen LogP contribution in [0.2, 0.25) is 0 Å². The van der Waals surface area contributed by atoms with Gasteiger partial charge in [-0.2, -0.15) is 0 Å². The first-order valence-corrected chi connectivity index (χ1v) is 12.2. The maximum Gasteiger partial charge on any atom is 0.0995 e. The molecule has 0 aromatic rings. The van der Waals surface area contributed by atoms with Gasteiger partial charge in [0.25, 0.3) is 0 Å². The first-order chi connectivity index (χ1) is 14.0. The molecule has 2 heteroatoms. The lowest BCUT2D eigenvalue weighted by atomic mass is 9.60. The summed E-state index contributed by atoms with van der Waals surface area (Å²) in [7, 11) is 0. The van der Waals surface area contributed by atoms with Gasteiger partial charge in [-0.25, -0.2) is 0 Å². The van der Waals surface area contributed by atoms with Crippen LogP contribution in [0.4, 0.5) is 0 Å². The molecule has 3 fully saturated rings. The van der Waals surface area contributed by atoms with E-state index in [0.29, 0.717) is 11.3 Å². The molecule has 0 radical (unpaired) electrons. The molecular weight excluding hydrogens is 368 g/mol. The molecule has 2 N–H and O–H groups in total. The van der Waals surface area contributed by atoms with Crippen molar-refractivity contribution in [3.63, 3.8) is 0 Å². The summed E-state index contributed by atoms with van der Waals surface area (Å²) in [6.45, 7) is 16.9.